The molecule has 2 aromatic carbocycles. The van der Waals surface area contributed by atoms with Gasteiger partial charge in [-0.15, -0.1) is 23.5 Å². The Kier molecular flexibility index (Phi) is 8.22. The number of carbonyl (C=O) groups is 1. The van der Waals surface area contributed by atoms with Crippen LogP contribution in [0.1, 0.15) is 57.2 Å². The van der Waals surface area contributed by atoms with Crippen LogP contribution in [-0.4, -0.2) is 41.8 Å². The number of aromatic carboxylic acids is 1. The highest BCUT2D eigenvalue weighted by Crippen LogP contribution is 2.41. The van der Waals surface area contributed by atoms with Crippen LogP contribution in [0.4, 0.5) is 0 Å². The van der Waals surface area contributed by atoms with Gasteiger partial charge in [0.25, 0.3) is 0 Å². The van der Waals surface area contributed by atoms with Gasteiger partial charge in [-0.05, 0) is 68.1 Å². The molecule has 0 radical (unpaired) electrons. The van der Waals surface area contributed by atoms with E-state index in [0.29, 0.717) is 30.3 Å². The molecule has 4 heterocycles. The van der Waals surface area contributed by atoms with E-state index in [1.165, 1.54) is 16.2 Å². The summed E-state index contributed by atoms with van der Waals surface area (Å²) in [5.41, 5.74) is 9.39. The van der Waals surface area contributed by atoms with Gasteiger partial charge in [-0.25, -0.2) is 4.79 Å². The second-order valence-electron chi connectivity index (χ2n) is 11.5. The van der Waals surface area contributed by atoms with Crippen LogP contribution in [0.2, 0.25) is 5.02 Å². The lowest BCUT2D eigenvalue weighted by Crippen LogP contribution is -2.11. The van der Waals surface area contributed by atoms with Gasteiger partial charge < -0.3 is 14.4 Å². The molecular formula is C34H34ClN5O3S2. The Morgan fingerprint density at radius 1 is 1.04 bits per heavy atom. The van der Waals surface area contributed by atoms with E-state index in [1.807, 2.05) is 47.1 Å². The zero-order valence-corrected chi connectivity index (χ0v) is 27.9. The minimum atomic E-state index is -0.971. The maximum atomic E-state index is 12.5. The Morgan fingerprint density at radius 3 is 2.76 bits per heavy atom. The number of hydrogen-bond acceptors (Lipinski definition) is 6. The predicted molar refractivity (Wildman–Crippen MR) is 183 cm³/mol. The lowest BCUT2D eigenvalue weighted by Gasteiger charge is -2.18. The Bertz CT molecular complexity index is 1990. The first-order valence-electron chi connectivity index (χ1n) is 15.0. The molecule has 45 heavy (non-hydrogen) atoms. The fourth-order valence-corrected chi connectivity index (χ4v) is 8.48. The van der Waals surface area contributed by atoms with E-state index < -0.39 is 5.97 Å². The quantitative estimate of drug-likeness (QED) is 0.196. The van der Waals surface area contributed by atoms with Crippen LogP contribution in [0.5, 0.6) is 5.75 Å². The fourth-order valence-electron chi connectivity index (χ4n) is 6.37. The third-order valence-corrected chi connectivity index (χ3v) is 11.0. The number of carboxylic acid groups (broad SMARTS) is 1. The Labute approximate surface area is 275 Å². The SMILES string of the molecule is Cc1c2c(nn1C)CSCc1cc(n(C)n1)CSc1cc3c(c(c1)OCCCn1c(C(=O)O)cc4c-2c(Cl)ccc41)C=CCC3. The third kappa shape index (κ3) is 5.68. The van der Waals surface area contributed by atoms with Crippen LogP contribution in [0.3, 0.4) is 0 Å². The van der Waals surface area contributed by atoms with E-state index in [0.717, 1.165) is 74.8 Å². The van der Waals surface area contributed by atoms with E-state index in [4.69, 9.17) is 26.5 Å². The fraction of sp³-hybridized carbons (Fsp3) is 0.324. The molecule has 0 amide bonds. The predicted octanol–water partition coefficient (Wildman–Crippen LogP) is 7.90. The van der Waals surface area contributed by atoms with Gasteiger partial charge in [0.05, 0.1) is 18.0 Å². The standard InChI is InChI=1S/C34H34ClN5O3S2/c1-20-32-28(37-38(20)2)19-44-17-22-14-23(39(3)36-22)18-45-24-13-21-7-4-5-8-25(21)31(15-24)43-12-6-11-40-29-10-9-27(35)33(32)26(29)16-30(40)34(41)42/h5,8-10,13-16H,4,6-7,11-12,17-19H2,1-3H3,(H,41,42). The maximum absolute atomic E-state index is 12.5. The van der Waals surface area contributed by atoms with Crippen molar-refractivity contribution in [3.63, 3.8) is 0 Å². The number of rotatable bonds is 1. The van der Waals surface area contributed by atoms with Gasteiger partial charge in [0.1, 0.15) is 11.4 Å². The van der Waals surface area contributed by atoms with Crippen molar-refractivity contribution >= 4 is 58.1 Å². The molecule has 3 aromatic heterocycles. The summed E-state index contributed by atoms with van der Waals surface area (Å²) in [4.78, 5) is 13.7. The normalized spacial score (nSPS) is 15.4. The Hall–Kier alpha value is -3.60. The lowest BCUT2D eigenvalue weighted by molar-refractivity contribution is 0.0685. The lowest BCUT2D eigenvalue weighted by atomic mass is 9.97. The molecule has 0 saturated heterocycles. The van der Waals surface area contributed by atoms with E-state index in [2.05, 4.69) is 30.4 Å². The molecule has 11 heteroatoms. The van der Waals surface area contributed by atoms with Crippen molar-refractivity contribution in [3.05, 3.63) is 87.1 Å². The number of nitrogens with zero attached hydrogens (tertiary/aromatic N) is 5. The minimum absolute atomic E-state index is 0.234. The highest BCUT2D eigenvalue weighted by Gasteiger charge is 2.24. The van der Waals surface area contributed by atoms with Gasteiger partial charge >= 0.3 is 5.97 Å². The van der Waals surface area contributed by atoms with Crippen molar-refractivity contribution in [2.75, 3.05) is 6.61 Å². The van der Waals surface area contributed by atoms with Crippen molar-refractivity contribution in [1.82, 2.24) is 24.1 Å². The van der Waals surface area contributed by atoms with Gasteiger partial charge in [-0.1, -0.05) is 23.8 Å². The first kappa shape index (κ1) is 30.1. The minimum Gasteiger partial charge on any atom is -0.493 e. The van der Waals surface area contributed by atoms with Gasteiger partial charge in [0, 0.05) is 86.8 Å². The van der Waals surface area contributed by atoms with Crippen molar-refractivity contribution < 1.29 is 14.6 Å². The van der Waals surface area contributed by atoms with Crippen molar-refractivity contribution in [1.29, 1.82) is 0 Å². The zero-order chi connectivity index (χ0) is 31.2. The number of thioether (sulfide) groups is 2. The Balaban J connectivity index is 1.32. The van der Waals surface area contributed by atoms with Crippen molar-refractivity contribution in [3.8, 4) is 16.9 Å². The average molecular weight is 660 g/mol. The van der Waals surface area contributed by atoms with Crippen LogP contribution in [0.15, 0.2) is 47.4 Å². The molecule has 1 aliphatic heterocycles. The highest BCUT2D eigenvalue weighted by atomic mass is 35.5. The first-order chi connectivity index (χ1) is 21.8. The summed E-state index contributed by atoms with van der Waals surface area (Å²) >= 11 is 10.5. The molecule has 5 aromatic rings. The van der Waals surface area contributed by atoms with Crippen molar-refractivity contribution in [2.24, 2.45) is 14.1 Å². The molecule has 1 aliphatic carbocycles. The number of carboxylic acids is 1. The molecule has 0 fully saturated rings. The summed E-state index contributed by atoms with van der Waals surface area (Å²) in [5.74, 6) is 2.13. The summed E-state index contributed by atoms with van der Waals surface area (Å²) in [6.45, 7) is 2.99. The van der Waals surface area contributed by atoms with E-state index in [1.54, 1.807) is 29.6 Å². The molecule has 232 valence electrons. The number of ether oxygens (including phenoxy) is 1. The molecule has 8 bridgehead atoms. The molecular weight excluding hydrogens is 626 g/mol. The molecule has 0 atom stereocenters. The van der Waals surface area contributed by atoms with Crippen LogP contribution in [0.25, 0.3) is 28.1 Å². The summed E-state index contributed by atoms with van der Waals surface area (Å²) in [7, 11) is 3.94. The van der Waals surface area contributed by atoms with Gasteiger partial charge in [0.15, 0.2) is 0 Å². The molecule has 1 N–H and O–H groups in total. The highest BCUT2D eigenvalue weighted by molar-refractivity contribution is 7.98. The second-order valence-corrected chi connectivity index (χ2v) is 14.0. The number of aromatic nitrogens is 5. The molecule has 0 spiro atoms. The van der Waals surface area contributed by atoms with Crippen LogP contribution in [-0.2, 0) is 44.3 Å². The summed E-state index contributed by atoms with van der Waals surface area (Å²) in [6.07, 6.45) is 7.02. The Morgan fingerprint density at radius 2 is 1.91 bits per heavy atom. The number of aryl methyl sites for hydroxylation is 4. The molecule has 0 unspecified atom stereocenters. The number of allylic oxidation sites excluding steroid dienone is 1. The topological polar surface area (TPSA) is 87.1 Å². The first-order valence-corrected chi connectivity index (χ1v) is 17.6. The van der Waals surface area contributed by atoms with Crippen LogP contribution < -0.4 is 4.74 Å². The third-order valence-electron chi connectivity index (χ3n) is 8.66. The van der Waals surface area contributed by atoms with E-state index in [9.17, 15) is 9.90 Å². The van der Waals surface area contributed by atoms with Crippen LogP contribution in [0, 0.1) is 6.92 Å². The molecule has 8 nitrogen and oxygen atoms in total. The maximum Gasteiger partial charge on any atom is 0.352 e. The summed E-state index contributed by atoms with van der Waals surface area (Å²) < 4.78 is 12.2. The monoisotopic (exact) mass is 659 g/mol. The number of fused-ring (bicyclic) bond motifs is 8. The molecule has 7 rings (SSSR count). The number of halogens is 1. The number of hydrogen-bond donors (Lipinski definition) is 1. The smallest absolute Gasteiger partial charge is 0.352 e. The number of benzene rings is 2. The molecule has 0 saturated carbocycles. The van der Waals surface area contributed by atoms with Crippen LogP contribution >= 0.6 is 35.1 Å². The average Bonchev–Trinajstić information content (AvgIpc) is 3.66. The summed E-state index contributed by atoms with van der Waals surface area (Å²) in [6, 6.07) is 12.2. The van der Waals surface area contributed by atoms with Gasteiger partial charge in [0.2, 0.25) is 0 Å². The van der Waals surface area contributed by atoms with E-state index >= 15 is 0 Å². The summed E-state index contributed by atoms with van der Waals surface area (Å²) in [5, 5.41) is 21.3. The molecule has 2 aliphatic rings. The second kappa shape index (κ2) is 12.3. The van der Waals surface area contributed by atoms with Gasteiger partial charge in [-0.2, -0.15) is 10.2 Å². The van der Waals surface area contributed by atoms with Crippen molar-refractivity contribution in [2.45, 2.75) is 54.9 Å². The zero-order valence-electron chi connectivity index (χ0n) is 25.5. The van der Waals surface area contributed by atoms with Gasteiger partial charge in [-0.3, -0.25) is 9.36 Å². The largest absolute Gasteiger partial charge is 0.493 e. The van der Waals surface area contributed by atoms with E-state index in [-0.39, 0.29) is 5.69 Å².